The van der Waals surface area contributed by atoms with Crippen LogP contribution in [0.3, 0.4) is 0 Å². The first kappa shape index (κ1) is 15.5. The van der Waals surface area contributed by atoms with Crippen LogP contribution in [0.25, 0.3) is 0 Å². The Labute approximate surface area is 122 Å². The topological polar surface area (TPSA) is 103 Å². The molecule has 0 spiro atoms. The maximum Gasteiger partial charge on any atom is 0.340 e. The average Bonchev–Trinajstić information content (AvgIpc) is 2.80. The molecule has 0 atom stereocenters. The van der Waals surface area contributed by atoms with E-state index in [2.05, 4.69) is 4.90 Å². The Balaban J connectivity index is 1.85. The molecule has 2 rings (SSSR count). The van der Waals surface area contributed by atoms with Crippen LogP contribution in [0.2, 0.25) is 0 Å². The number of nitrogens with one attached hydrogen (secondary N) is 1. The smallest absolute Gasteiger partial charge is 0.340 e. The van der Waals surface area contributed by atoms with E-state index in [1.165, 1.54) is 4.90 Å². The minimum Gasteiger partial charge on any atom is -0.503 e. The molecule has 1 saturated heterocycles. The van der Waals surface area contributed by atoms with Crippen LogP contribution in [-0.2, 0) is 19.1 Å². The molecule has 2 aliphatic rings. The van der Waals surface area contributed by atoms with Gasteiger partial charge in [-0.05, 0) is 0 Å². The lowest BCUT2D eigenvalue weighted by Gasteiger charge is -2.28. The fraction of sp³-hybridized carbons (Fsp3) is 0.615. The van der Waals surface area contributed by atoms with Crippen molar-refractivity contribution in [2.45, 2.75) is 0 Å². The Kier molecular flexibility index (Phi) is 5.29. The molecule has 0 aromatic carbocycles. The minimum absolute atomic E-state index is 0.0381. The monoisotopic (exact) mass is 297 g/mol. The van der Waals surface area contributed by atoms with E-state index in [1.54, 1.807) is 0 Å². The molecule has 0 radical (unpaired) electrons. The largest absolute Gasteiger partial charge is 0.503 e. The Bertz CT molecular complexity index is 457. The molecule has 2 N–H and O–H groups in total. The number of morpholine rings is 1. The van der Waals surface area contributed by atoms with Crippen molar-refractivity contribution < 1.29 is 24.2 Å². The van der Waals surface area contributed by atoms with Gasteiger partial charge < -0.3 is 24.9 Å². The van der Waals surface area contributed by atoms with Gasteiger partial charge in [0.1, 0.15) is 12.2 Å². The normalized spacial score (nSPS) is 20.0. The van der Waals surface area contributed by atoms with E-state index >= 15 is 0 Å². The molecule has 0 unspecified atom stereocenters. The van der Waals surface area contributed by atoms with E-state index in [1.807, 2.05) is 0 Å². The molecule has 0 aromatic heterocycles. The lowest BCUT2D eigenvalue weighted by atomic mass is 10.2. The third-order valence-corrected chi connectivity index (χ3v) is 3.46. The second-order valence-corrected chi connectivity index (χ2v) is 4.81. The Morgan fingerprint density at radius 2 is 2.10 bits per heavy atom. The standard InChI is InChI=1S/C13H19N3O5/c14-1-6-21-13(19)10-9-16(12(18)11(10)17)3-2-15-4-7-20-8-5-15/h1,14,17H,2-9H2. The minimum atomic E-state index is -0.752. The van der Waals surface area contributed by atoms with Gasteiger partial charge in [-0.15, -0.1) is 0 Å². The quantitative estimate of drug-likeness (QED) is 0.490. The van der Waals surface area contributed by atoms with Gasteiger partial charge in [-0.1, -0.05) is 0 Å². The van der Waals surface area contributed by atoms with Crippen LogP contribution in [-0.4, -0.2) is 85.5 Å². The van der Waals surface area contributed by atoms with Crippen molar-refractivity contribution in [2.24, 2.45) is 0 Å². The second-order valence-electron chi connectivity index (χ2n) is 4.81. The number of aliphatic hydroxyl groups excluding tert-OH is 1. The van der Waals surface area contributed by atoms with Gasteiger partial charge in [0, 0.05) is 32.4 Å². The van der Waals surface area contributed by atoms with E-state index in [0.717, 1.165) is 19.3 Å². The molecule has 1 amide bonds. The molecular weight excluding hydrogens is 278 g/mol. The van der Waals surface area contributed by atoms with Gasteiger partial charge in [0.15, 0.2) is 5.76 Å². The zero-order chi connectivity index (χ0) is 15.2. The number of amides is 1. The highest BCUT2D eigenvalue weighted by Gasteiger charge is 2.34. The number of esters is 1. The van der Waals surface area contributed by atoms with Crippen molar-refractivity contribution in [1.29, 1.82) is 5.41 Å². The molecule has 8 heteroatoms. The summed E-state index contributed by atoms with van der Waals surface area (Å²) in [5, 5.41) is 16.5. The fourth-order valence-corrected chi connectivity index (χ4v) is 2.25. The summed E-state index contributed by atoms with van der Waals surface area (Å²) in [6.45, 7) is 3.97. The Hall–Kier alpha value is -1.93. The van der Waals surface area contributed by atoms with E-state index in [-0.39, 0.29) is 18.7 Å². The van der Waals surface area contributed by atoms with Crippen LogP contribution in [0.4, 0.5) is 0 Å². The molecule has 0 bridgehead atoms. The second kappa shape index (κ2) is 7.19. The van der Waals surface area contributed by atoms with Crippen molar-refractivity contribution in [3.8, 4) is 0 Å². The lowest BCUT2D eigenvalue weighted by Crippen LogP contribution is -2.42. The SMILES string of the molecule is N=CCOC(=O)C1=C(O)C(=O)N(CCN2CCOCC2)C1. The summed E-state index contributed by atoms with van der Waals surface area (Å²) in [6.07, 6.45) is 0.933. The van der Waals surface area contributed by atoms with Gasteiger partial charge in [-0.25, -0.2) is 4.79 Å². The lowest BCUT2D eigenvalue weighted by molar-refractivity contribution is -0.137. The third-order valence-electron chi connectivity index (χ3n) is 3.46. The van der Waals surface area contributed by atoms with E-state index in [0.29, 0.717) is 26.3 Å². The highest BCUT2D eigenvalue weighted by Crippen LogP contribution is 2.18. The van der Waals surface area contributed by atoms with Crippen molar-refractivity contribution in [3.05, 3.63) is 11.3 Å². The number of ether oxygens (including phenoxy) is 2. The molecule has 1 fully saturated rings. The molecular formula is C13H19N3O5. The predicted molar refractivity (Wildman–Crippen MR) is 73.2 cm³/mol. The van der Waals surface area contributed by atoms with Gasteiger partial charge in [-0.3, -0.25) is 9.69 Å². The summed E-state index contributed by atoms with van der Waals surface area (Å²) >= 11 is 0. The predicted octanol–water partition coefficient (Wildman–Crippen LogP) is -0.834. The molecule has 116 valence electrons. The van der Waals surface area contributed by atoms with Crippen LogP contribution in [0.5, 0.6) is 0 Å². The average molecular weight is 297 g/mol. The van der Waals surface area contributed by atoms with Gasteiger partial charge in [0.2, 0.25) is 0 Å². The summed E-state index contributed by atoms with van der Waals surface area (Å²) in [4.78, 5) is 27.1. The highest BCUT2D eigenvalue weighted by atomic mass is 16.5. The van der Waals surface area contributed by atoms with Crippen molar-refractivity contribution in [2.75, 3.05) is 52.5 Å². The fourth-order valence-electron chi connectivity index (χ4n) is 2.25. The Morgan fingerprint density at radius 1 is 1.38 bits per heavy atom. The zero-order valence-corrected chi connectivity index (χ0v) is 11.7. The van der Waals surface area contributed by atoms with E-state index < -0.39 is 17.6 Å². The van der Waals surface area contributed by atoms with Gasteiger partial charge in [0.25, 0.3) is 5.91 Å². The number of rotatable bonds is 6. The molecule has 2 aliphatic heterocycles. The highest BCUT2D eigenvalue weighted by molar-refractivity contribution is 6.05. The van der Waals surface area contributed by atoms with Gasteiger partial charge in [-0.2, -0.15) is 0 Å². The molecule has 2 heterocycles. The summed E-state index contributed by atoms with van der Waals surface area (Å²) < 4.78 is 9.98. The van der Waals surface area contributed by atoms with Crippen LogP contribution in [0.15, 0.2) is 11.3 Å². The van der Waals surface area contributed by atoms with E-state index in [9.17, 15) is 14.7 Å². The Morgan fingerprint density at radius 3 is 2.76 bits per heavy atom. The first-order valence-corrected chi connectivity index (χ1v) is 6.81. The molecule has 21 heavy (non-hydrogen) atoms. The first-order chi connectivity index (χ1) is 10.1. The summed E-state index contributed by atoms with van der Waals surface area (Å²) in [7, 11) is 0. The number of aliphatic hydroxyl groups is 1. The number of hydrogen-bond acceptors (Lipinski definition) is 7. The van der Waals surface area contributed by atoms with E-state index in [4.69, 9.17) is 14.9 Å². The van der Waals surface area contributed by atoms with Crippen molar-refractivity contribution in [1.82, 2.24) is 9.80 Å². The molecule has 8 nitrogen and oxygen atoms in total. The van der Waals surface area contributed by atoms with Crippen LogP contribution >= 0.6 is 0 Å². The summed E-state index contributed by atoms with van der Waals surface area (Å²) in [5.41, 5.74) is -0.0381. The summed E-state index contributed by atoms with van der Waals surface area (Å²) in [6, 6.07) is 0. The first-order valence-electron chi connectivity index (χ1n) is 6.81. The van der Waals surface area contributed by atoms with Crippen molar-refractivity contribution >= 4 is 18.1 Å². The maximum atomic E-state index is 11.9. The number of hydrogen-bond donors (Lipinski definition) is 2. The van der Waals surface area contributed by atoms with Gasteiger partial charge >= 0.3 is 5.97 Å². The molecule has 0 aromatic rings. The zero-order valence-electron chi connectivity index (χ0n) is 11.7. The number of nitrogens with zero attached hydrogens (tertiary/aromatic N) is 2. The van der Waals surface area contributed by atoms with Crippen LogP contribution in [0.1, 0.15) is 0 Å². The number of carbonyl (C=O) groups excluding carboxylic acids is 2. The summed E-state index contributed by atoms with van der Waals surface area (Å²) in [5.74, 6) is -1.85. The molecule has 0 saturated carbocycles. The van der Waals surface area contributed by atoms with Crippen molar-refractivity contribution in [3.63, 3.8) is 0 Å². The van der Waals surface area contributed by atoms with Crippen LogP contribution in [0, 0.1) is 5.41 Å². The van der Waals surface area contributed by atoms with Gasteiger partial charge in [0.05, 0.1) is 19.8 Å². The maximum absolute atomic E-state index is 11.9. The number of carbonyl (C=O) groups is 2. The third kappa shape index (κ3) is 3.79. The van der Waals surface area contributed by atoms with Crippen LogP contribution < -0.4 is 0 Å². The molecule has 0 aliphatic carbocycles.